The fourth-order valence-corrected chi connectivity index (χ4v) is 3.37. The molecule has 0 saturated heterocycles. The van der Waals surface area contributed by atoms with Gasteiger partial charge in [-0.15, -0.1) is 0 Å². The van der Waals surface area contributed by atoms with E-state index in [2.05, 4.69) is 44.5 Å². The van der Waals surface area contributed by atoms with Gasteiger partial charge in [-0.05, 0) is 35.7 Å². The predicted octanol–water partition coefficient (Wildman–Crippen LogP) is 4.44. The lowest BCUT2D eigenvalue weighted by Gasteiger charge is -2.29. The van der Waals surface area contributed by atoms with Gasteiger partial charge in [-0.2, -0.15) is 0 Å². The SMILES string of the molecule is COc1ccc(Cl)cc1Nc1cc(N2CCc3ccccc3C2)ncn1. The molecule has 26 heavy (non-hydrogen) atoms. The predicted molar refractivity (Wildman–Crippen MR) is 105 cm³/mol. The second kappa shape index (κ2) is 7.22. The Morgan fingerprint density at radius 1 is 1.08 bits per heavy atom. The number of anilines is 3. The van der Waals surface area contributed by atoms with Crippen molar-refractivity contribution in [2.45, 2.75) is 13.0 Å². The Morgan fingerprint density at radius 3 is 2.77 bits per heavy atom. The Bertz CT molecular complexity index is 931. The Labute approximate surface area is 157 Å². The summed E-state index contributed by atoms with van der Waals surface area (Å²) < 4.78 is 5.38. The number of nitrogens with zero attached hydrogens (tertiary/aromatic N) is 3. The summed E-state index contributed by atoms with van der Waals surface area (Å²) in [5.74, 6) is 2.31. The molecule has 2 heterocycles. The van der Waals surface area contributed by atoms with Crippen LogP contribution in [0.5, 0.6) is 5.75 Å². The summed E-state index contributed by atoms with van der Waals surface area (Å²) in [6.07, 6.45) is 2.60. The summed E-state index contributed by atoms with van der Waals surface area (Å²) in [5.41, 5.74) is 3.54. The second-order valence-electron chi connectivity index (χ2n) is 6.17. The Kier molecular flexibility index (Phi) is 4.63. The number of benzene rings is 2. The van der Waals surface area contributed by atoms with E-state index in [1.807, 2.05) is 18.2 Å². The molecular formula is C20H19ClN4O. The first-order valence-electron chi connectivity index (χ1n) is 8.47. The Morgan fingerprint density at radius 2 is 1.92 bits per heavy atom. The van der Waals surface area contributed by atoms with Gasteiger partial charge < -0.3 is 15.0 Å². The van der Waals surface area contributed by atoms with Gasteiger partial charge in [0.05, 0.1) is 12.8 Å². The molecule has 1 aliphatic heterocycles. The topological polar surface area (TPSA) is 50.3 Å². The Balaban J connectivity index is 1.57. The zero-order valence-corrected chi connectivity index (χ0v) is 15.2. The third kappa shape index (κ3) is 3.44. The minimum absolute atomic E-state index is 0.634. The normalized spacial score (nSPS) is 13.2. The van der Waals surface area contributed by atoms with Crippen LogP contribution in [-0.4, -0.2) is 23.6 Å². The fraction of sp³-hybridized carbons (Fsp3) is 0.200. The lowest BCUT2D eigenvalue weighted by atomic mass is 10.00. The van der Waals surface area contributed by atoms with Crippen LogP contribution in [0.15, 0.2) is 54.9 Å². The molecule has 2 aromatic carbocycles. The molecule has 0 spiro atoms. The first kappa shape index (κ1) is 16.7. The number of methoxy groups -OCH3 is 1. The molecule has 0 bridgehead atoms. The van der Waals surface area contributed by atoms with Crippen LogP contribution in [0.2, 0.25) is 5.02 Å². The number of hydrogen-bond donors (Lipinski definition) is 1. The standard InChI is InChI=1S/C20H19ClN4O/c1-26-18-7-6-16(21)10-17(18)24-19-11-20(23-13-22-19)25-9-8-14-4-2-3-5-15(14)12-25/h2-7,10-11,13H,8-9,12H2,1H3,(H,22,23,24). The third-order valence-electron chi connectivity index (χ3n) is 4.53. The van der Waals surface area contributed by atoms with Gasteiger partial charge >= 0.3 is 0 Å². The van der Waals surface area contributed by atoms with Crippen molar-refractivity contribution in [2.24, 2.45) is 0 Å². The van der Waals surface area contributed by atoms with Gasteiger partial charge in [-0.3, -0.25) is 0 Å². The highest BCUT2D eigenvalue weighted by Crippen LogP contribution is 2.31. The molecule has 1 aromatic heterocycles. The third-order valence-corrected chi connectivity index (χ3v) is 4.77. The maximum atomic E-state index is 6.10. The first-order chi connectivity index (χ1) is 12.7. The molecule has 6 heteroatoms. The molecular weight excluding hydrogens is 348 g/mol. The van der Waals surface area contributed by atoms with Crippen LogP contribution in [0.1, 0.15) is 11.1 Å². The lowest BCUT2D eigenvalue weighted by Crippen LogP contribution is -2.31. The van der Waals surface area contributed by atoms with Crippen LogP contribution >= 0.6 is 11.6 Å². The van der Waals surface area contributed by atoms with Crippen LogP contribution in [0.4, 0.5) is 17.3 Å². The molecule has 0 aliphatic carbocycles. The van der Waals surface area contributed by atoms with Gasteiger partial charge in [-0.25, -0.2) is 9.97 Å². The number of rotatable bonds is 4. The van der Waals surface area contributed by atoms with Gasteiger partial charge in [-0.1, -0.05) is 35.9 Å². The maximum absolute atomic E-state index is 6.10. The fourth-order valence-electron chi connectivity index (χ4n) is 3.20. The van der Waals surface area contributed by atoms with Gasteiger partial charge in [0.1, 0.15) is 23.7 Å². The minimum Gasteiger partial charge on any atom is -0.495 e. The van der Waals surface area contributed by atoms with E-state index in [-0.39, 0.29) is 0 Å². The number of aromatic nitrogens is 2. The molecule has 3 aromatic rings. The average Bonchev–Trinajstić information content (AvgIpc) is 2.68. The van der Waals surface area contributed by atoms with Crippen molar-refractivity contribution in [2.75, 3.05) is 23.9 Å². The van der Waals surface area contributed by atoms with E-state index in [0.29, 0.717) is 16.6 Å². The van der Waals surface area contributed by atoms with Crippen LogP contribution < -0.4 is 15.0 Å². The lowest BCUT2D eigenvalue weighted by molar-refractivity contribution is 0.417. The van der Waals surface area contributed by atoms with Crippen molar-refractivity contribution < 1.29 is 4.74 Å². The molecule has 0 amide bonds. The summed E-state index contributed by atoms with van der Waals surface area (Å²) in [7, 11) is 1.63. The first-order valence-corrected chi connectivity index (χ1v) is 8.85. The largest absolute Gasteiger partial charge is 0.495 e. The smallest absolute Gasteiger partial charge is 0.142 e. The van der Waals surface area contributed by atoms with Gasteiger partial charge in [0, 0.05) is 24.2 Å². The van der Waals surface area contributed by atoms with E-state index >= 15 is 0 Å². The highest BCUT2D eigenvalue weighted by molar-refractivity contribution is 6.31. The zero-order valence-electron chi connectivity index (χ0n) is 14.4. The van der Waals surface area contributed by atoms with E-state index < -0.39 is 0 Å². The molecule has 0 atom stereocenters. The monoisotopic (exact) mass is 366 g/mol. The number of fused-ring (bicyclic) bond motifs is 1. The summed E-state index contributed by atoms with van der Waals surface area (Å²) in [5, 5.41) is 3.91. The molecule has 0 unspecified atom stereocenters. The molecule has 5 nitrogen and oxygen atoms in total. The van der Waals surface area contributed by atoms with E-state index in [1.54, 1.807) is 19.5 Å². The van der Waals surface area contributed by atoms with Crippen molar-refractivity contribution in [3.8, 4) is 5.75 Å². The molecule has 0 fully saturated rings. The van der Waals surface area contributed by atoms with Crippen molar-refractivity contribution in [1.29, 1.82) is 0 Å². The van der Waals surface area contributed by atoms with Crippen molar-refractivity contribution >= 4 is 28.9 Å². The van der Waals surface area contributed by atoms with E-state index in [1.165, 1.54) is 11.1 Å². The second-order valence-corrected chi connectivity index (χ2v) is 6.61. The van der Waals surface area contributed by atoms with Gasteiger partial charge in [0.2, 0.25) is 0 Å². The Hall–Kier alpha value is -2.79. The highest BCUT2D eigenvalue weighted by atomic mass is 35.5. The summed E-state index contributed by atoms with van der Waals surface area (Å²) in [6.45, 7) is 1.79. The molecule has 1 aliphatic rings. The van der Waals surface area contributed by atoms with Gasteiger partial charge in [0.15, 0.2) is 0 Å². The molecule has 0 radical (unpaired) electrons. The van der Waals surface area contributed by atoms with Crippen molar-refractivity contribution in [3.05, 3.63) is 71.0 Å². The van der Waals surface area contributed by atoms with Crippen molar-refractivity contribution in [1.82, 2.24) is 9.97 Å². The number of nitrogens with one attached hydrogen (secondary N) is 1. The quantitative estimate of drug-likeness (QED) is 0.739. The minimum atomic E-state index is 0.634. The van der Waals surface area contributed by atoms with E-state index in [9.17, 15) is 0 Å². The summed E-state index contributed by atoms with van der Waals surface area (Å²) in [4.78, 5) is 11.1. The van der Waals surface area contributed by atoms with E-state index in [0.717, 1.165) is 31.0 Å². The summed E-state index contributed by atoms with van der Waals surface area (Å²) in [6, 6.07) is 16.0. The van der Waals surface area contributed by atoms with Crippen molar-refractivity contribution in [3.63, 3.8) is 0 Å². The number of halogens is 1. The molecule has 4 rings (SSSR count). The average molecular weight is 367 g/mol. The number of hydrogen-bond acceptors (Lipinski definition) is 5. The van der Waals surface area contributed by atoms with Crippen LogP contribution in [0.25, 0.3) is 0 Å². The molecule has 1 N–H and O–H groups in total. The highest BCUT2D eigenvalue weighted by Gasteiger charge is 2.17. The maximum Gasteiger partial charge on any atom is 0.142 e. The van der Waals surface area contributed by atoms with Gasteiger partial charge in [0.25, 0.3) is 0 Å². The zero-order chi connectivity index (χ0) is 17.9. The molecule has 132 valence electrons. The summed E-state index contributed by atoms with van der Waals surface area (Å²) >= 11 is 6.10. The van der Waals surface area contributed by atoms with Crippen LogP contribution in [0.3, 0.4) is 0 Å². The molecule has 0 saturated carbocycles. The number of ether oxygens (including phenoxy) is 1. The van der Waals surface area contributed by atoms with Crippen LogP contribution in [0, 0.1) is 0 Å². The van der Waals surface area contributed by atoms with Crippen LogP contribution in [-0.2, 0) is 13.0 Å². The van der Waals surface area contributed by atoms with E-state index in [4.69, 9.17) is 16.3 Å².